The molecule has 6 heteroatoms. The number of benzene rings is 3. The molecule has 156 valence electrons. The molecule has 1 aliphatic rings. The van der Waals surface area contributed by atoms with E-state index in [2.05, 4.69) is 22.6 Å². The zero-order valence-electron chi connectivity index (χ0n) is 16.8. The van der Waals surface area contributed by atoms with Crippen molar-refractivity contribution in [1.29, 1.82) is 0 Å². The number of aromatic hydroxyl groups is 1. The largest absolute Gasteiger partial charge is 0.507 e. The van der Waals surface area contributed by atoms with Crippen LogP contribution in [0.1, 0.15) is 22.8 Å². The van der Waals surface area contributed by atoms with Crippen LogP contribution in [0.2, 0.25) is 0 Å². The van der Waals surface area contributed by atoms with Gasteiger partial charge in [-0.2, -0.15) is 0 Å². The van der Waals surface area contributed by atoms with E-state index in [4.69, 9.17) is 18.9 Å². The van der Waals surface area contributed by atoms with Crippen LogP contribution >= 0.6 is 22.6 Å². The van der Waals surface area contributed by atoms with Gasteiger partial charge in [0.05, 0.1) is 24.4 Å². The van der Waals surface area contributed by atoms with Crippen LogP contribution in [0.25, 0.3) is 0 Å². The zero-order valence-corrected chi connectivity index (χ0v) is 19.0. The predicted molar refractivity (Wildman–Crippen MR) is 122 cm³/mol. The second kappa shape index (κ2) is 9.14. The first-order chi connectivity index (χ1) is 14.6. The highest BCUT2D eigenvalue weighted by Gasteiger charge is 2.36. The summed E-state index contributed by atoms with van der Waals surface area (Å²) in [4.78, 5) is 0. The number of methoxy groups -OCH3 is 2. The smallest absolute Gasteiger partial charge is 0.150 e. The summed E-state index contributed by atoms with van der Waals surface area (Å²) in [5.74, 6) is 2.17. The van der Waals surface area contributed by atoms with E-state index in [1.165, 1.54) is 0 Å². The van der Waals surface area contributed by atoms with Gasteiger partial charge in [0.1, 0.15) is 29.1 Å². The van der Waals surface area contributed by atoms with Gasteiger partial charge < -0.3 is 24.1 Å². The van der Waals surface area contributed by atoms with Crippen molar-refractivity contribution >= 4 is 22.6 Å². The van der Waals surface area contributed by atoms with Gasteiger partial charge in [-0.15, -0.1) is 0 Å². The van der Waals surface area contributed by atoms with Gasteiger partial charge in [-0.1, -0.05) is 42.5 Å². The lowest BCUT2D eigenvalue weighted by atomic mass is 9.93. The molecule has 0 saturated heterocycles. The molecule has 0 unspecified atom stereocenters. The van der Waals surface area contributed by atoms with E-state index in [0.717, 1.165) is 22.4 Å². The van der Waals surface area contributed by atoms with Gasteiger partial charge in [0.2, 0.25) is 0 Å². The summed E-state index contributed by atoms with van der Waals surface area (Å²) < 4.78 is 24.2. The summed E-state index contributed by atoms with van der Waals surface area (Å²) in [5.41, 5.74) is 2.99. The third-order valence-electron chi connectivity index (χ3n) is 5.22. The van der Waals surface area contributed by atoms with Gasteiger partial charge in [-0.25, -0.2) is 0 Å². The van der Waals surface area contributed by atoms with E-state index in [1.54, 1.807) is 20.3 Å². The molecule has 30 heavy (non-hydrogen) atoms. The van der Waals surface area contributed by atoms with E-state index >= 15 is 0 Å². The van der Waals surface area contributed by atoms with Crippen molar-refractivity contribution < 1.29 is 24.1 Å². The molecule has 1 heterocycles. The molecule has 0 fully saturated rings. The van der Waals surface area contributed by atoms with Crippen molar-refractivity contribution in [2.75, 3.05) is 14.2 Å². The number of fused-ring (bicyclic) bond motifs is 1. The van der Waals surface area contributed by atoms with Crippen LogP contribution in [0.5, 0.6) is 23.0 Å². The molecule has 1 N–H and O–H groups in total. The maximum Gasteiger partial charge on any atom is 0.150 e. The Morgan fingerprint density at radius 3 is 2.43 bits per heavy atom. The monoisotopic (exact) mass is 518 g/mol. The first-order valence-corrected chi connectivity index (χ1v) is 10.7. The first kappa shape index (κ1) is 20.8. The molecule has 5 nitrogen and oxygen atoms in total. The van der Waals surface area contributed by atoms with Gasteiger partial charge in [-0.05, 0) is 45.9 Å². The van der Waals surface area contributed by atoms with E-state index in [-0.39, 0.29) is 18.0 Å². The number of rotatable bonds is 6. The molecule has 3 aromatic rings. The standard InChI is InChI=1S/C24H23IO5/c1-27-17-10-8-16(9-11-17)23-21(29-14-15-6-4-3-5-7-15)12-18-20(28-2)13-19(26)22(25)24(18)30-23/h3-11,13,21,23,26H,12,14H2,1-2H3/t21-,23+/m0/s1. The maximum absolute atomic E-state index is 10.3. The quantitative estimate of drug-likeness (QED) is 0.451. The fourth-order valence-corrected chi connectivity index (χ4v) is 4.25. The molecule has 2 atom stereocenters. The van der Waals surface area contributed by atoms with Gasteiger partial charge >= 0.3 is 0 Å². The number of phenolic OH excluding ortho intramolecular Hbond substituents is 1. The van der Waals surface area contributed by atoms with Crippen molar-refractivity contribution in [3.05, 3.63) is 80.9 Å². The van der Waals surface area contributed by atoms with E-state index in [0.29, 0.717) is 28.1 Å². The van der Waals surface area contributed by atoms with Crippen LogP contribution in [0, 0.1) is 3.57 Å². The number of halogens is 1. The van der Waals surface area contributed by atoms with Gasteiger partial charge in [-0.3, -0.25) is 0 Å². The maximum atomic E-state index is 10.3. The van der Waals surface area contributed by atoms with Crippen LogP contribution in [0.15, 0.2) is 60.7 Å². The molecular weight excluding hydrogens is 495 g/mol. The Bertz CT molecular complexity index is 1000. The Morgan fingerprint density at radius 1 is 1.03 bits per heavy atom. The number of phenols is 1. The summed E-state index contributed by atoms with van der Waals surface area (Å²) in [5, 5.41) is 10.3. The summed E-state index contributed by atoms with van der Waals surface area (Å²) in [6.07, 6.45) is 0.0608. The molecule has 0 saturated carbocycles. The first-order valence-electron chi connectivity index (χ1n) is 9.65. The van der Waals surface area contributed by atoms with Crippen molar-refractivity contribution in [2.24, 2.45) is 0 Å². The van der Waals surface area contributed by atoms with Gasteiger partial charge in [0.15, 0.2) is 6.10 Å². The summed E-state index contributed by atoms with van der Waals surface area (Å²) in [7, 11) is 3.24. The highest BCUT2D eigenvalue weighted by molar-refractivity contribution is 14.1. The van der Waals surface area contributed by atoms with Gasteiger partial charge in [0.25, 0.3) is 0 Å². The lowest BCUT2D eigenvalue weighted by Crippen LogP contribution is -2.33. The van der Waals surface area contributed by atoms with Crippen molar-refractivity contribution in [3.63, 3.8) is 0 Å². The summed E-state index contributed by atoms with van der Waals surface area (Å²) >= 11 is 2.11. The molecule has 0 aromatic heterocycles. The number of hydrogen-bond acceptors (Lipinski definition) is 5. The highest BCUT2D eigenvalue weighted by Crippen LogP contribution is 2.47. The highest BCUT2D eigenvalue weighted by atomic mass is 127. The normalized spacial score (nSPS) is 17.7. The third kappa shape index (κ3) is 4.20. The van der Waals surface area contributed by atoms with E-state index in [9.17, 15) is 5.11 Å². The topological polar surface area (TPSA) is 57.2 Å². The Labute approximate surface area is 189 Å². The van der Waals surface area contributed by atoms with Crippen molar-refractivity contribution in [2.45, 2.75) is 25.2 Å². The second-order valence-electron chi connectivity index (χ2n) is 7.07. The fourth-order valence-electron chi connectivity index (χ4n) is 3.64. The molecule has 0 aliphatic carbocycles. The van der Waals surface area contributed by atoms with Crippen LogP contribution in [-0.2, 0) is 17.8 Å². The van der Waals surface area contributed by atoms with Crippen molar-refractivity contribution in [3.8, 4) is 23.0 Å². The molecule has 0 amide bonds. The Morgan fingerprint density at radius 2 is 1.77 bits per heavy atom. The predicted octanol–water partition coefficient (Wildman–Crippen LogP) is 5.28. The van der Waals surface area contributed by atoms with Gasteiger partial charge in [0, 0.05) is 18.1 Å². The third-order valence-corrected chi connectivity index (χ3v) is 6.27. The molecule has 1 aliphatic heterocycles. The Balaban J connectivity index is 1.70. The van der Waals surface area contributed by atoms with Crippen LogP contribution in [-0.4, -0.2) is 25.4 Å². The molecule has 0 radical (unpaired) electrons. The Hall–Kier alpha value is -2.45. The van der Waals surface area contributed by atoms with E-state index < -0.39 is 0 Å². The van der Waals surface area contributed by atoms with Crippen LogP contribution in [0.4, 0.5) is 0 Å². The SMILES string of the molecule is COc1ccc([C@H]2Oc3c(I)c(O)cc(OC)c3C[C@@H]2OCc2ccccc2)cc1. The summed E-state index contributed by atoms with van der Waals surface area (Å²) in [6, 6.07) is 19.5. The molecular formula is C24H23IO5. The summed E-state index contributed by atoms with van der Waals surface area (Å²) in [6.45, 7) is 0.481. The average molecular weight is 518 g/mol. The minimum atomic E-state index is -0.327. The number of ether oxygens (including phenoxy) is 4. The fraction of sp³-hybridized carbons (Fsp3) is 0.250. The lowest BCUT2D eigenvalue weighted by Gasteiger charge is -2.35. The van der Waals surface area contributed by atoms with Crippen molar-refractivity contribution in [1.82, 2.24) is 0 Å². The Kier molecular flexibility index (Phi) is 6.34. The molecule has 3 aromatic carbocycles. The second-order valence-corrected chi connectivity index (χ2v) is 8.15. The average Bonchev–Trinajstić information content (AvgIpc) is 2.80. The van der Waals surface area contributed by atoms with Crippen LogP contribution < -0.4 is 14.2 Å². The molecule has 0 bridgehead atoms. The molecule has 0 spiro atoms. The van der Waals surface area contributed by atoms with Crippen LogP contribution in [0.3, 0.4) is 0 Å². The van der Waals surface area contributed by atoms with E-state index in [1.807, 2.05) is 54.6 Å². The minimum absolute atomic E-state index is 0.142. The minimum Gasteiger partial charge on any atom is -0.507 e. The lowest BCUT2D eigenvalue weighted by molar-refractivity contribution is -0.0470. The molecule has 4 rings (SSSR count). The zero-order chi connectivity index (χ0) is 21.1. The number of hydrogen-bond donors (Lipinski definition) is 1.